The summed E-state index contributed by atoms with van der Waals surface area (Å²) in [6.07, 6.45) is 1.16. The van der Waals surface area contributed by atoms with Crippen LogP contribution in [0.3, 0.4) is 0 Å². The molecule has 0 aliphatic heterocycles. The maximum absolute atomic E-state index is 11.7. The van der Waals surface area contributed by atoms with Crippen LogP contribution in [0.25, 0.3) is 0 Å². The predicted molar refractivity (Wildman–Crippen MR) is 81.5 cm³/mol. The molecule has 1 atom stereocenters. The van der Waals surface area contributed by atoms with Gasteiger partial charge in [0.1, 0.15) is 0 Å². The number of nitrogens with zero attached hydrogens (tertiary/aromatic N) is 1. The molecule has 1 aromatic rings. The molecule has 1 unspecified atom stereocenters. The molecule has 3 heteroatoms. The fourth-order valence-corrected chi connectivity index (χ4v) is 2.33. The van der Waals surface area contributed by atoms with Crippen molar-refractivity contribution in [1.29, 1.82) is 0 Å². The van der Waals surface area contributed by atoms with Gasteiger partial charge in [0.15, 0.2) is 5.78 Å². The predicted octanol–water partition coefficient (Wildman–Crippen LogP) is 4.52. The number of Topliss-reactive ketones (excluding diaryl/α,β-unsaturated/α-hetero) is 1. The molecule has 0 aliphatic rings. The number of rotatable bonds is 6. The lowest BCUT2D eigenvalue weighted by atomic mass is 10.1. The third kappa shape index (κ3) is 3.84. The topological polar surface area (TPSA) is 20.3 Å². The Morgan fingerprint density at radius 1 is 1.39 bits per heavy atom. The van der Waals surface area contributed by atoms with Crippen molar-refractivity contribution in [2.45, 2.75) is 34.1 Å². The van der Waals surface area contributed by atoms with E-state index >= 15 is 0 Å². The summed E-state index contributed by atoms with van der Waals surface area (Å²) >= 11 is 3.43. The van der Waals surface area contributed by atoms with Crippen LogP contribution < -0.4 is 4.90 Å². The molecule has 0 aromatic heterocycles. The number of halogens is 1. The van der Waals surface area contributed by atoms with E-state index in [-0.39, 0.29) is 5.78 Å². The maximum atomic E-state index is 11.7. The Bertz CT molecular complexity index is 417. The van der Waals surface area contributed by atoms with Crippen molar-refractivity contribution < 1.29 is 4.79 Å². The van der Waals surface area contributed by atoms with Gasteiger partial charge in [0.25, 0.3) is 0 Å². The molecule has 0 N–H and O–H groups in total. The van der Waals surface area contributed by atoms with Crippen molar-refractivity contribution in [3.8, 4) is 0 Å². The Morgan fingerprint density at radius 3 is 2.56 bits per heavy atom. The van der Waals surface area contributed by atoms with Crippen LogP contribution in [0.15, 0.2) is 22.7 Å². The van der Waals surface area contributed by atoms with Gasteiger partial charge < -0.3 is 4.90 Å². The number of benzene rings is 1. The molecule has 0 radical (unpaired) electrons. The number of hydrogen-bond donors (Lipinski definition) is 0. The number of hydrogen-bond acceptors (Lipinski definition) is 2. The molecule has 2 nitrogen and oxygen atoms in total. The van der Waals surface area contributed by atoms with E-state index in [0.717, 1.165) is 35.2 Å². The standard InChI is InChI=1S/C15H22BrNO/c1-5-11(3)10-17(6-2)15-8-7-13(16)9-14(15)12(4)18/h7-9,11H,5-6,10H2,1-4H3. The first-order valence-electron chi connectivity index (χ1n) is 6.55. The molecule has 1 aromatic carbocycles. The molecule has 0 aliphatic carbocycles. The quantitative estimate of drug-likeness (QED) is 0.720. The normalized spacial score (nSPS) is 12.3. The second kappa shape index (κ2) is 6.93. The summed E-state index contributed by atoms with van der Waals surface area (Å²) in [6.45, 7) is 10.1. The van der Waals surface area contributed by atoms with Gasteiger partial charge in [0.2, 0.25) is 0 Å². The van der Waals surface area contributed by atoms with Crippen LogP contribution in [0.2, 0.25) is 0 Å². The van der Waals surface area contributed by atoms with Crippen LogP contribution >= 0.6 is 15.9 Å². The summed E-state index contributed by atoms with van der Waals surface area (Å²) in [5, 5.41) is 0. The van der Waals surface area contributed by atoms with Crippen LogP contribution in [0.1, 0.15) is 44.5 Å². The smallest absolute Gasteiger partial charge is 0.161 e. The Hall–Kier alpha value is -0.830. The van der Waals surface area contributed by atoms with Crippen molar-refractivity contribution in [1.82, 2.24) is 0 Å². The summed E-state index contributed by atoms with van der Waals surface area (Å²) in [5.41, 5.74) is 1.85. The van der Waals surface area contributed by atoms with Gasteiger partial charge in [0.05, 0.1) is 0 Å². The number of ketones is 1. The van der Waals surface area contributed by atoms with E-state index in [0.29, 0.717) is 5.92 Å². The zero-order chi connectivity index (χ0) is 13.7. The summed E-state index contributed by atoms with van der Waals surface area (Å²) in [5.74, 6) is 0.752. The van der Waals surface area contributed by atoms with Crippen molar-refractivity contribution in [2.24, 2.45) is 5.92 Å². The van der Waals surface area contributed by atoms with Crippen LogP contribution in [0, 0.1) is 5.92 Å². The number of carbonyl (C=O) groups is 1. The SMILES string of the molecule is CCC(C)CN(CC)c1ccc(Br)cc1C(C)=O. The third-order valence-corrected chi connectivity index (χ3v) is 3.78. The molecule has 0 heterocycles. The molecular weight excluding hydrogens is 290 g/mol. The fraction of sp³-hybridized carbons (Fsp3) is 0.533. The van der Waals surface area contributed by atoms with Gasteiger partial charge in [-0.15, -0.1) is 0 Å². The van der Waals surface area contributed by atoms with Gasteiger partial charge in [-0.2, -0.15) is 0 Å². The molecule has 18 heavy (non-hydrogen) atoms. The maximum Gasteiger partial charge on any atom is 0.161 e. The number of anilines is 1. The van der Waals surface area contributed by atoms with Gasteiger partial charge in [-0.3, -0.25) is 4.79 Å². The first kappa shape index (κ1) is 15.2. The van der Waals surface area contributed by atoms with Crippen LogP contribution in [0.4, 0.5) is 5.69 Å². The van der Waals surface area contributed by atoms with E-state index < -0.39 is 0 Å². The van der Waals surface area contributed by atoms with E-state index in [1.54, 1.807) is 6.92 Å². The lowest BCUT2D eigenvalue weighted by Gasteiger charge is -2.28. The molecular formula is C15H22BrNO. The Balaban J connectivity index is 3.08. The highest BCUT2D eigenvalue weighted by Crippen LogP contribution is 2.26. The van der Waals surface area contributed by atoms with E-state index in [9.17, 15) is 4.79 Å². The highest BCUT2D eigenvalue weighted by molar-refractivity contribution is 9.10. The van der Waals surface area contributed by atoms with Gasteiger partial charge >= 0.3 is 0 Å². The van der Waals surface area contributed by atoms with Crippen molar-refractivity contribution in [3.05, 3.63) is 28.2 Å². The van der Waals surface area contributed by atoms with Gasteiger partial charge in [-0.25, -0.2) is 0 Å². The second-order valence-electron chi connectivity index (χ2n) is 4.77. The first-order valence-corrected chi connectivity index (χ1v) is 7.34. The number of carbonyl (C=O) groups excluding carboxylic acids is 1. The zero-order valence-electron chi connectivity index (χ0n) is 11.7. The lowest BCUT2D eigenvalue weighted by molar-refractivity contribution is 0.101. The molecule has 1 rings (SSSR count). The largest absolute Gasteiger partial charge is 0.371 e. The van der Waals surface area contributed by atoms with Crippen molar-refractivity contribution in [3.63, 3.8) is 0 Å². The highest BCUT2D eigenvalue weighted by atomic mass is 79.9. The average molecular weight is 312 g/mol. The molecule has 0 saturated carbocycles. The minimum absolute atomic E-state index is 0.119. The Labute approximate surface area is 119 Å². The highest BCUT2D eigenvalue weighted by Gasteiger charge is 2.15. The van der Waals surface area contributed by atoms with Gasteiger partial charge in [0, 0.05) is 28.8 Å². The second-order valence-corrected chi connectivity index (χ2v) is 5.69. The molecule has 0 amide bonds. The van der Waals surface area contributed by atoms with Crippen LogP contribution in [0.5, 0.6) is 0 Å². The molecule has 0 fully saturated rings. The third-order valence-electron chi connectivity index (χ3n) is 3.29. The van der Waals surface area contributed by atoms with E-state index in [4.69, 9.17) is 0 Å². The van der Waals surface area contributed by atoms with E-state index in [2.05, 4.69) is 41.6 Å². The Kier molecular flexibility index (Phi) is 5.86. The summed E-state index contributed by atoms with van der Waals surface area (Å²) < 4.78 is 0.955. The fourth-order valence-electron chi connectivity index (χ4n) is 1.97. The average Bonchev–Trinajstić information content (AvgIpc) is 2.35. The molecule has 0 bridgehead atoms. The van der Waals surface area contributed by atoms with Crippen LogP contribution in [-0.4, -0.2) is 18.9 Å². The first-order chi connectivity index (χ1) is 8.49. The Morgan fingerprint density at radius 2 is 2.06 bits per heavy atom. The minimum atomic E-state index is 0.119. The van der Waals surface area contributed by atoms with E-state index in [1.807, 2.05) is 18.2 Å². The van der Waals surface area contributed by atoms with Gasteiger partial charge in [-0.1, -0.05) is 36.2 Å². The summed E-state index contributed by atoms with van der Waals surface area (Å²) in [6, 6.07) is 5.95. The van der Waals surface area contributed by atoms with E-state index in [1.165, 1.54) is 0 Å². The van der Waals surface area contributed by atoms with Crippen LogP contribution in [-0.2, 0) is 0 Å². The molecule has 0 saturated heterocycles. The zero-order valence-corrected chi connectivity index (χ0v) is 13.3. The monoisotopic (exact) mass is 311 g/mol. The van der Waals surface area contributed by atoms with Crippen molar-refractivity contribution >= 4 is 27.4 Å². The lowest BCUT2D eigenvalue weighted by Crippen LogP contribution is -2.29. The summed E-state index contributed by atoms with van der Waals surface area (Å²) in [4.78, 5) is 14.0. The molecule has 100 valence electrons. The minimum Gasteiger partial charge on any atom is -0.371 e. The van der Waals surface area contributed by atoms with Gasteiger partial charge in [-0.05, 0) is 38.0 Å². The summed E-state index contributed by atoms with van der Waals surface area (Å²) in [7, 11) is 0. The van der Waals surface area contributed by atoms with Crippen molar-refractivity contribution in [2.75, 3.05) is 18.0 Å². The molecule has 0 spiro atoms.